The lowest BCUT2D eigenvalue weighted by atomic mass is 10.1. The molecule has 0 saturated heterocycles. The fourth-order valence-electron chi connectivity index (χ4n) is 2.66. The van der Waals surface area contributed by atoms with E-state index in [0.717, 1.165) is 29.8 Å². The number of rotatable bonds is 6. The summed E-state index contributed by atoms with van der Waals surface area (Å²) in [6.45, 7) is 7.77. The molecule has 0 amide bonds. The second-order valence-corrected chi connectivity index (χ2v) is 6.13. The molecule has 0 radical (unpaired) electrons. The molecule has 0 aliphatic heterocycles. The molecule has 1 aromatic carbocycles. The minimum Gasteiger partial charge on any atom is -0.315 e. The van der Waals surface area contributed by atoms with Crippen LogP contribution in [0.1, 0.15) is 31.9 Å². The second-order valence-electron chi connectivity index (χ2n) is 6.13. The summed E-state index contributed by atoms with van der Waals surface area (Å²) < 4.78 is 1.91. The molecular formula is C19H26N2O. The van der Waals surface area contributed by atoms with Crippen LogP contribution in [0.15, 0.2) is 41.2 Å². The fraction of sp³-hybridized carbons (Fsp3) is 0.421. The number of benzene rings is 1. The summed E-state index contributed by atoms with van der Waals surface area (Å²) in [4.78, 5) is 12.7. The Morgan fingerprint density at radius 1 is 1.09 bits per heavy atom. The first kappa shape index (κ1) is 16.5. The van der Waals surface area contributed by atoms with Gasteiger partial charge in [-0.05, 0) is 36.6 Å². The maximum absolute atomic E-state index is 12.7. The van der Waals surface area contributed by atoms with Gasteiger partial charge in [0.15, 0.2) is 0 Å². The number of hydrogen-bond acceptors (Lipinski definition) is 2. The van der Waals surface area contributed by atoms with Crippen LogP contribution >= 0.6 is 0 Å². The van der Waals surface area contributed by atoms with Gasteiger partial charge in [0.25, 0.3) is 5.56 Å². The van der Waals surface area contributed by atoms with E-state index < -0.39 is 0 Å². The van der Waals surface area contributed by atoms with Crippen molar-refractivity contribution in [1.29, 1.82) is 0 Å². The van der Waals surface area contributed by atoms with Gasteiger partial charge >= 0.3 is 0 Å². The van der Waals surface area contributed by atoms with Gasteiger partial charge in [-0.15, -0.1) is 0 Å². The van der Waals surface area contributed by atoms with E-state index in [-0.39, 0.29) is 5.56 Å². The van der Waals surface area contributed by atoms with Crippen LogP contribution < -0.4 is 10.9 Å². The Kier molecular flexibility index (Phi) is 5.56. The third-order valence-electron chi connectivity index (χ3n) is 3.83. The van der Waals surface area contributed by atoms with Crippen LogP contribution in [0.25, 0.3) is 11.3 Å². The van der Waals surface area contributed by atoms with Crippen LogP contribution in [0.5, 0.6) is 0 Å². The summed E-state index contributed by atoms with van der Waals surface area (Å²) in [6, 6.07) is 12.5. The van der Waals surface area contributed by atoms with Gasteiger partial charge in [0.1, 0.15) is 0 Å². The number of nitrogens with one attached hydrogen (secondary N) is 1. The number of hydrogen-bond donors (Lipinski definition) is 1. The first-order valence-corrected chi connectivity index (χ1v) is 8.03. The van der Waals surface area contributed by atoms with Crippen molar-refractivity contribution in [3.63, 3.8) is 0 Å². The van der Waals surface area contributed by atoms with Gasteiger partial charge in [0.05, 0.1) is 5.69 Å². The van der Waals surface area contributed by atoms with Gasteiger partial charge < -0.3 is 9.88 Å². The van der Waals surface area contributed by atoms with Crippen molar-refractivity contribution in [3.05, 3.63) is 57.9 Å². The minimum atomic E-state index is 0.111. The second kappa shape index (κ2) is 7.41. The van der Waals surface area contributed by atoms with Gasteiger partial charge in [-0.3, -0.25) is 4.79 Å². The molecule has 3 nitrogen and oxygen atoms in total. The highest BCUT2D eigenvalue weighted by Crippen LogP contribution is 2.20. The lowest BCUT2D eigenvalue weighted by Gasteiger charge is -2.17. The zero-order valence-electron chi connectivity index (χ0n) is 14.0. The molecule has 118 valence electrons. The molecule has 1 aromatic heterocycles. The summed E-state index contributed by atoms with van der Waals surface area (Å²) in [5, 5.41) is 3.07. The van der Waals surface area contributed by atoms with E-state index in [1.54, 1.807) is 0 Å². The molecule has 0 spiro atoms. The zero-order chi connectivity index (χ0) is 16.1. The summed E-state index contributed by atoms with van der Waals surface area (Å²) >= 11 is 0. The summed E-state index contributed by atoms with van der Waals surface area (Å²) in [6.07, 6.45) is 1.03. The molecule has 2 aromatic rings. The maximum Gasteiger partial charge on any atom is 0.255 e. The van der Waals surface area contributed by atoms with Gasteiger partial charge in [-0.2, -0.15) is 0 Å². The number of nitrogens with zero attached hydrogens (tertiary/aromatic N) is 1. The number of aryl methyl sites for hydroxylation is 1. The molecule has 0 fully saturated rings. The predicted octanol–water partition coefficient (Wildman–Crippen LogP) is 3.45. The lowest BCUT2D eigenvalue weighted by Crippen LogP contribution is -2.28. The average Bonchev–Trinajstić information content (AvgIpc) is 2.51. The van der Waals surface area contributed by atoms with Crippen molar-refractivity contribution in [3.8, 4) is 11.3 Å². The van der Waals surface area contributed by atoms with Gasteiger partial charge in [-0.1, -0.05) is 51.1 Å². The Bertz CT molecular complexity index is 669. The number of pyridine rings is 1. The van der Waals surface area contributed by atoms with Crippen LogP contribution in [0.2, 0.25) is 0 Å². The minimum absolute atomic E-state index is 0.111. The van der Waals surface area contributed by atoms with Crippen LogP contribution in [0.3, 0.4) is 0 Å². The average molecular weight is 298 g/mol. The molecule has 1 heterocycles. The first-order valence-electron chi connectivity index (χ1n) is 8.03. The first-order chi connectivity index (χ1) is 10.6. The Balaban J connectivity index is 2.53. The Labute approximate surface area is 133 Å². The van der Waals surface area contributed by atoms with Crippen LogP contribution in [-0.2, 0) is 19.5 Å². The van der Waals surface area contributed by atoms with E-state index in [1.165, 1.54) is 5.56 Å². The molecule has 0 aliphatic carbocycles. The van der Waals surface area contributed by atoms with Crippen molar-refractivity contribution in [2.75, 3.05) is 7.05 Å². The fourth-order valence-corrected chi connectivity index (χ4v) is 2.66. The van der Waals surface area contributed by atoms with Crippen molar-refractivity contribution < 1.29 is 0 Å². The molecule has 0 atom stereocenters. The van der Waals surface area contributed by atoms with E-state index in [9.17, 15) is 4.79 Å². The Hall–Kier alpha value is -1.87. The van der Waals surface area contributed by atoms with Gasteiger partial charge in [0.2, 0.25) is 0 Å². The highest BCUT2D eigenvalue weighted by Gasteiger charge is 2.11. The molecule has 0 unspecified atom stereocenters. The van der Waals surface area contributed by atoms with E-state index in [2.05, 4.69) is 56.4 Å². The van der Waals surface area contributed by atoms with Crippen molar-refractivity contribution >= 4 is 0 Å². The molecular weight excluding hydrogens is 272 g/mol. The van der Waals surface area contributed by atoms with Crippen LogP contribution in [-0.4, -0.2) is 11.6 Å². The summed E-state index contributed by atoms with van der Waals surface area (Å²) in [5.41, 5.74) is 4.35. The third-order valence-corrected chi connectivity index (χ3v) is 3.83. The highest BCUT2D eigenvalue weighted by molar-refractivity contribution is 5.60. The maximum atomic E-state index is 12.7. The van der Waals surface area contributed by atoms with E-state index >= 15 is 0 Å². The molecule has 0 saturated carbocycles. The molecule has 22 heavy (non-hydrogen) atoms. The third kappa shape index (κ3) is 3.66. The highest BCUT2D eigenvalue weighted by atomic mass is 16.1. The molecule has 1 N–H and O–H groups in total. The monoisotopic (exact) mass is 298 g/mol. The van der Waals surface area contributed by atoms with Crippen LogP contribution in [0.4, 0.5) is 0 Å². The normalized spacial score (nSPS) is 11.1. The predicted molar refractivity (Wildman–Crippen MR) is 93.1 cm³/mol. The Morgan fingerprint density at radius 3 is 2.32 bits per heavy atom. The van der Waals surface area contributed by atoms with E-state index in [1.807, 2.05) is 17.7 Å². The molecule has 0 bridgehead atoms. The van der Waals surface area contributed by atoms with E-state index in [0.29, 0.717) is 12.5 Å². The van der Waals surface area contributed by atoms with Crippen molar-refractivity contribution in [2.24, 2.45) is 5.92 Å². The van der Waals surface area contributed by atoms with E-state index in [4.69, 9.17) is 0 Å². The molecule has 0 aliphatic rings. The SMILES string of the molecule is CCc1ccc(-c2ccc(CNC)c(=O)n2CC(C)C)cc1. The molecule has 2 rings (SSSR count). The Morgan fingerprint density at radius 2 is 1.77 bits per heavy atom. The zero-order valence-corrected chi connectivity index (χ0v) is 14.0. The largest absolute Gasteiger partial charge is 0.315 e. The van der Waals surface area contributed by atoms with Crippen molar-refractivity contribution in [2.45, 2.75) is 40.3 Å². The summed E-state index contributed by atoms with van der Waals surface area (Å²) in [7, 11) is 1.86. The number of aromatic nitrogens is 1. The standard InChI is InChI=1S/C19H26N2O/c1-5-15-6-8-16(9-7-15)18-11-10-17(12-20-4)19(22)21(18)13-14(2)3/h6-11,14,20H,5,12-13H2,1-4H3. The van der Waals surface area contributed by atoms with Gasteiger partial charge in [-0.25, -0.2) is 0 Å². The van der Waals surface area contributed by atoms with Crippen LogP contribution in [0, 0.1) is 5.92 Å². The summed E-state index contributed by atoms with van der Waals surface area (Å²) in [5.74, 6) is 0.427. The van der Waals surface area contributed by atoms with Crippen molar-refractivity contribution in [1.82, 2.24) is 9.88 Å². The topological polar surface area (TPSA) is 34.0 Å². The smallest absolute Gasteiger partial charge is 0.255 e. The lowest BCUT2D eigenvalue weighted by molar-refractivity contribution is 0.511. The quantitative estimate of drug-likeness (QED) is 0.886. The molecule has 3 heteroatoms. The van der Waals surface area contributed by atoms with Gasteiger partial charge in [0, 0.05) is 18.7 Å².